The predicted octanol–water partition coefficient (Wildman–Crippen LogP) is 3.56. The van der Waals surface area contributed by atoms with Gasteiger partial charge >= 0.3 is 0 Å². The summed E-state index contributed by atoms with van der Waals surface area (Å²) >= 11 is 0. The fourth-order valence-corrected chi connectivity index (χ4v) is 4.38. The van der Waals surface area contributed by atoms with Crippen LogP contribution in [0.15, 0.2) is 42.5 Å². The van der Waals surface area contributed by atoms with Crippen molar-refractivity contribution in [2.75, 3.05) is 10.6 Å². The minimum Gasteiger partial charge on any atom is -0.491 e. The number of aryl methyl sites for hydroxylation is 2. The molecule has 7 heteroatoms. The first kappa shape index (κ1) is 22.7. The molecule has 2 rings (SSSR count). The zero-order valence-electron chi connectivity index (χ0n) is 17.9. The Labute approximate surface area is 173 Å². The van der Waals surface area contributed by atoms with Crippen molar-refractivity contribution in [3.63, 3.8) is 0 Å². The van der Waals surface area contributed by atoms with Gasteiger partial charge in [-0.3, -0.25) is 9.10 Å². The van der Waals surface area contributed by atoms with Crippen molar-refractivity contribution in [3.8, 4) is 5.75 Å². The average molecular weight is 419 g/mol. The molecule has 0 aliphatic heterocycles. The third-order valence-corrected chi connectivity index (χ3v) is 5.53. The first-order valence-corrected chi connectivity index (χ1v) is 11.4. The molecular weight excluding hydrogens is 388 g/mol. The largest absolute Gasteiger partial charge is 0.491 e. The molecule has 2 aromatic rings. The summed E-state index contributed by atoms with van der Waals surface area (Å²) in [4.78, 5) is 12.8. The number of amides is 1. The molecule has 0 aromatic heterocycles. The predicted molar refractivity (Wildman–Crippen MR) is 117 cm³/mol. The van der Waals surface area contributed by atoms with Crippen LogP contribution in [0.2, 0.25) is 0 Å². The van der Waals surface area contributed by atoms with Crippen LogP contribution in [0.5, 0.6) is 5.75 Å². The number of anilines is 1. The number of benzene rings is 2. The molecular formula is C22H30N2O4S. The molecule has 0 heterocycles. The van der Waals surface area contributed by atoms with E-state index >= 15 is 0 Å². The maximum absolute atomic E-state index is 12.8. The number of hydrogen-bond acceptors (Lipinski definition) is 4. The lowest BCUT2D eigenvalue weighted by molar-refractivity contribution is -0.122. The first-order chi connectivity index (χ1) is 13.5. The third kappa shape index (κ3) is 6.49. The lowest BCUT2D eigenvalue weighted by atomic mass is 10.1. The molecule has 2 aromatic carbocycles. The third-order valence-electron chi connectivity index (χ3n) is 4.29. The van der Waals surface area contributed by atoms with Crippen molar-refractivity contribution in [1.29, 1.82) is 0 Å². The Morgan fingerprint density at radius 3 is 2.24 bits per heavy atom. The van der Waals surface area contributed by atoms with Crippen LogP contribution < -0.4 is 14.4 Å². The lowest BCUT2D eigenvalue weighted by Crippen LogP contribution is -2.47. The smallest absolute Gasteiger partial charge is 0.243 e. The van der Waals surface area contributed by atoms with Crippen molar-refractivity contribution in [2.45, 2.75) is 53.3 Å². The van der Waals surface area contributed by atoms with Crippen LogP contribution in [0.25, 0.3) is 0 Å². The van der Waals surface area contributed by atoms with Crippen molar-refractivity contribution in [2.24, 2.45) is 0 Å². The van der Waals surface area contributed by atoms with E-state index in [2.05, 4.69) is 5.32 Å². The fourth-order valence-electron chi connectivity index (χ4n) is 3.22. The van der Waals surface area contributed by atoms with E-state index < -0.39 is 16.1 Å². The second-order valence-corrected chi connectivity index (χ2v) is 9.47. The SMILES string of the molecule is Cc1cc(C)cc(N([C@@H](C)C(=O)NCc2cccc(OC(C)C)c2)S(C)(=O)=O)c1. The molecule has 29 heavy (non-hydrogen) atoms. The number of hydrogen-bond donors (Lipinski definition) is 1. The Balaban J connectivity index is 2.18. The standard InChI is InChI=1S/C22H30N2O4S/c1-15(2)28-21-9-7-8-19(13-21)14-23-22(25)18(5)24(29(6,26)27)20-11-16(3)10-17(4)12-20/h7-13,15,18H,14H2,1-6H3,(H,23,25)/t18-/m0/s1. The second-order valence-electron chi connectivity index (χ2n) is 7.61. The highest BCUT2D eigenvalue weighted by Gasteiger charge is 2.29. The van der Waals surface area contributed by atoms with E-state index in [1.165, 1.54) is 4.31 Å². The topological polar surface area (TPSA) is 75.7 Å². The van der Waals surface area contributed by atoms with Gasteiger partial charge in [-0.05, 0) is 75.6 Å². The zero-order valence-corrected chi connectivity index (χ0v) is 18.7. The highest BCUT2D eigenvalue weighted by molar-refractivity contribution is 7.92. The molecule has 0 radical (unpaired) electrons. The quantitative estimate of drug-likeness (QED) is 0.711. The summed E-state index contributed by atoms with van der Waals surface area (Å²) in [7, 11) is -3.65. The molecule has 1 amide bonds. The number of nitrogens with zero attached hydrogens (tertiary/aromatic N) is 1. The number of ether oxygens (including phenoxy) is 1. The Morgan fingerprint density at radius 1 is 1.07 bits per heavy atom. The van der Waals surface area contributed by atoms with Gasteiger partial charge in [0.1, 0.15) is 11.8 Å². The zero-order chi connectivity index (χ0) is 21.8. The molecule has 0 aliphatic rings. The van der Waals surface area contributed by atoms with Gasteiger partial charge in [-0.25, -0.2) is 8.42 Å². The molecule has 0 fully saturated rings. The normalized spacial score (nSPS) is 12.5. The Kier molecular flexibility index (Phi) is 7.30. The van der Waals surface area contributed by atoms with Crippen LogP contribution in [0.3, 0.4) is 0 Å². The van der Waals surface area contributed by atoms with E-state index in [9.17, 15) is 13.2 Å². The van der Waals surface area contributed by atoms with E-state index in [1.807, 2.05) is 58.0 Å². The monoisotopic (exact) mass is 418 g/mol. The summed E-state index contributed by atoms with van der Waals surface area (Å²) in [6.45, 7) is 9.56. The van der Waals surface area contributed by atoms with Crippen LogP contribution in [-0.2, 0) is 21.4 Å². The van der Waals surface area contributed by atoms with Crippen LogP contribution in [0, 0.1) is 13.8 Å². The number of sulfonamides is 1. The first-order valence-electron chi connectivity index (χ1n) is 9.58. The number of rotatable bonds is 8. The van der Waals surface area contributed by atoms with Gasteiger partial charge in [0.05, 0.1) is 18.0 Å². The molecule has 0 saturated heterocycles. The van der Waals surface area contributed by atoms with E-state index in [-0.39, 0.29) is 18.6 Å². The minimum absolute atomic E-state index is 0.0565. The Bertz CT molecular complexity index is 950. The van der Waals surface area contributed by atoms with Gasteiger partial charge in [-0.15, -0.1) is 0 Å². The summed E-state index contributed by atoms with van der Waals surface area (Å²) in [5.74, 6) is 0.359. The number of nitrogens with one attached hydrogen (secondary N) is 1. The Hall–Kier alpha value is -2.54. The number of carbonyl (C=O) groups excluding carboxylic acids is 1. The molecule has 1 atom stereocenters. The van der Waals surface area contributed by atoms with Crippen LogP contribution in [-0.4, -0.2) is 32.7 Å². The average Bonchev–Trinajstić information content (AvgIpc) is 2.57. The van der Waals surface area contributed by atoms with Crippen LogP contribution >= 0.6 is 0 Å². The van der Waals surface area contributed by atoms with Gasteiger partial charge in [0.2, 0.25) is 15.9 Å². The molecule has 0 spiro atoms. The van der Waals surface area contributed by atoms with Crippen molar-refractivity contribution < 1.29 is 17.9 Å². The Morgan fingerprint density at radius 2 is 1.69 bits per heavy atom. The van der Waals surface area contributed by atoms with E-state index in [4.69, 9.17) is 4.74 Å². The van der Waals surface area contributed by atoms with Gasteiger partial charge < -0.3 is 10.1 Å². The molecule has 6 nitrogen and oxygen atoms in total. The van der Waals surface area contributed by atoms with Crippen molar-refractivity contribution in [3.05, 3.63) is 59.2 Å². The minimum atomic E-state index is -3.65. The second kappa shape index (κ2) is 9.31. The highest BCUT2D eigenvalue weighted by Crippen LogP contribution is 2.24. The summed E-state index contributed by atoms with van der Waals surface area (Å²) in [5.41, 5.74) is 3.23. The molecule has 0 aliphatic carbocycles. The summed E-state index contributed by atoms with van der Waals surface area (Å²) in [5, 5.41) is 2.83. The van der Waals surface area contributed by atoms with Crippen LogP contribution in [0.1, 0.15) is 37.5 Å². The molecule has 0 saturated carbocycles. The van der Waals surface area contributed by atoms with E-state index in [0.717, 1.165) is 28.7 Å². The highest BCUT2D eigenvalue weighted by atomic mass is 32.2. The van der Waals surface area contributed by atoms with Crippen molar-refractivity contribution >= 4 is 21.6 Å². The van der Waals surface area contributed by atoms with Gasteiger partial charge in [0, 0.05) is 6.54 Å². The van der Waals surface area contributed by atoms with Crippen molar-refractivity contribution in [1.82, 2.24) is 5.32 Å². The van der Waals surface area contributed by atoms with Gasteiger partial charge in [0.25, 0.3) is 0 Å². The molecule has 1 N–H and O–H groups in total. The summed E-state index contributed by atoms with van der Waals surface area (Å²) in [6.07, 6.45) is 1.17. The van der Waals surface area contributed by atoms with Gasteiger partial charge in [-0.2, -0.15) is 0 Å². The molecule has 158 valence electrons. The van der Waals surface area contributed by atoms with Gasteiger partial charge in [-0.1, -0.05) is 18.2 Å². The van der Waals surface area contributed by atoms with E-state index in [1.54, 1.807) is 19.1 Å². The molecule has 0 unspecified atom stereocenters. The van der Waals surface area contributed by atoms with Gasteiger partial charge in [0.15, 0.2) is 0 Å². The van der Waals surface area contributed by atoms with Crippen LogP contribution in [0.4, 0.5) is 5.69 Å². The fraction of sp³-hybridized carbons (Fsp3) is 0.409. The maximum Gasteiger partial charge on any atom is 0.243 e. The van der Waals surface area contributed by atoms with E-state index in [0.29, 0.717) is 5.69 Å². The maximum atomic E-state index is 12.8. The molecule has 0 bridgehead atoms. The summed E-state index contributed by atoms with van der Waals surface area (Å²) in [6, 6.07) is 12.1. The lowest BCUT2D eigenvalue weighted by Gasteiger charge is -2.28. The number of carbonyl (C=O) groups is 1. The summed E-state index contributed by atoms with van der Waals surface area (Å²) < 4.78 is 31.7.